The summed E-state index contributed by atoms with van der Waals surface area (Å²) in [5, 5.41) is 0.296. The number of ether oxygens (including phenoxy) is 1. The Morgan fingerprint density at radius 3 is 2.53 bits per heavy atom. The van der Waals surface area contributed by atoms with Gasteiger partial charge in [0, 0.05) is 22.9 Å². The highest BCUT2D eigenvalue weighted by atomic mass is 16.5. The number of para-hydroxylation sites is 1. The van der Waals surface area contributed by atoms with Crippen molar-refractivity contribution >= 4 is 22.6 Å². The van der Waals surface area contributed by atoms with Gasteiger partial charge in [0.15, 0.2) is 11.0 Å². The van der Waals surface area contributed by atoms with E-state index in [0.29, 0.717) is 28.1 Å². The topological polar surface area (TPSA) is 90.9 Å². The zero-order valence-corrected chi connectivity index (χ0v) is 18.6. The molecule has 168 valence electrons. The Morgan fingerprint density at radius 1 is 0.971 bits per heavy atom. The fourth-order valence-corrected chi connectivity index (χ4v) is 3.99. The van der Waals surface area contributed by atoms with Gasteiger partial charge in [-0.2, -0.15) is 0 Å². The maximum atomic E-state index is 13.0. The molecule has 0 amide bonds. The molecule has 2 aromatic carbocycles. The Bertz CT molecular complexity index is 1680. The number of benzene rings is 2. The van der Waals surface area contributed by atoms with E-state index in [0.717, 1.165) is 11.3 Å². The third-order valence-electron chi connectivity index (χ3n) is 5.69. The molecule has 0 aliphatic carbocycles. The summed E-state index contributed by atoms with van der Waals surface area (Å²) in [7, 11) is 0. The number of rotatable bonds is 4. The lowest BCUT2D eigenvalue weighted by molar-refractivity contribution is 0.0468. The van der Waals surface area contributed by atoms with Gasteiger partial charge in [-0.15, -0.1) is 0 Å². The Balaban J connectivity index is 1.52. The van der Waals surface area contributed by atoms with Crippen LogP contribution in [0, 0.1) is 13.8 Å². The first-order chi connectivity index (χ1) is 16.4. The minimum Gasteiger partial charge on any atom is -0.455 e. The lowest BCUT2D eigenvalue weighted by Gasteiger charge is -2.11. The molecule has 5 aromatic rings. The molecule has 0 radical (unpaired) electrons. The third kappa shape index (κ3) is 3.67. The zero-order chi connectivity index (χ0) is 23.8. The molecule has 34 heavy (non-hydrogen) atoms. The van der Waals surface area contributed by atoms with Crippen LogP contribution in [-0.4, -0.2) is 15.4 Å². The fraction of sp³-hybridized carbons (Fsp3) is 0.111. The second kappa shape index (κ2) is 8.44. The van der Waals surface area contributed by atoms with E-state index < -0.39 is 5.97 Å². The van der Waals surface area contributed by atoms with Crippen LogP contribution < -0.4 is 11.0 Å². The monoisotopic (exact) mass is 452 g/mol. The zero-order valence-electron chi connectivity index (χ0n) is 18.6. The van der Waals surface area contributed by atoms with E-state index in [2.05, 4.69) is 4.98 Å². The number of aryl methyl sites for hydroxylation is 1. The third-order valence-corrected chi connectivity index (χ3v) is 5.69. The van der Waals surface area contributed by atoms with Crippen LogP contribution in [0.5, 0.6) is 0 Å². The second-order valence-electron chi connectivity index (χ2n) is 7.96. The number of carbonyl (C=O) groups is 1. The van der Waals surface area contributed by atoms with Gasteiger partial charge in [0.05, 0.1) is 11.1 Å². The number of aromatic nitrogens is 2. The number of hydrogen-bond donors (Lipinski definition) is 0. The maximum absolute atomic E-state index is 13.0. The highest BCUT2D eigenvalue weighted by Crippen LogP contribution is 2.27. The summed E-state index contributed by atoms with van der Waals surface area (Å²) in [6.45, 7) is 3.32. The van der Waals surface area contributed by atoms with Crippen molar-refractivity contribution in [2.45, 2.75) is 20.5 Å². The highest BCUT2D eigenvalue weighted by Gasteiger charge is 2.19. The van der Waals surface area contributed by atoms with Crippen molar-refractivity contribution in [3.05, 3.63) is 116 Å². The second-order valence-corrected chi connectivity index (χ2v) is 7.96. The van der Waals surface area contributed by atoms with Gasteiger partial charge in [0.1, 0.15) is 23.6 Å². The van der Waals surface area contributed by atoms with Crippen LogP contribution in [-0.2, 0) is 11.3 Å². The summed E-state index contributed by atoms with van der Waals surface area (Å²) in [6, 6.07) is 20.7. The van der Waals surface area contributed by atoms with E-state index in [1.807, 2.05) is 43.3 Å². The minimum atomic E-state index is -0.678. The molecule has 0 unspecified atom stereocenters. The molecule has 0 fully saturated rings. The van der Waals surface area contributed by atoms with E-state index >= 15 is 0 Å². The summed E-state index contributed by atoms with van der Waals surface area (Å²) >= 11 is 0. The quantitative estimate of drug-likeness (QED) is 0.375. The first-order valence-electron chi connectivity index (χ1n) is 10.7. The molecule has 0 aliphatic heterocycles. The Kier molecular flexibility index (Phi) is 5.30. The maximum Gasteiger partial charge on any atom is 0.342 e. The number of carbonyl (C=O) groups excluding carboxylic acids is 1. The molecule has 7 heteroatoms. The molecule has 0 saturated carbocycles. The normalized spacial score (nSPS) is 11.1. The molecule has 0 saturated heterocycles. The first-order valence-corrected chi connectivity index (χ1v) is 10.7. The SMILES string of the molecule is Cc1c(-c2ccccc2)oc2c(C(=O)OCc3cc(=O)n4c(C)cccc4n3)cccc2c1=O. The van der Waals surface area contributed by atoms with Crippen molar-refractivity contribution in [2.24, 2.45) is 0 Å². The Morgan fingerprint density at radius 2 is 1.74 bits per heavy atom. The van der Waals surface area contributed by atoms with Crippen LogP contribution >= 0.6 is 0 Å². The predicted octanol–water partition coefficient (Wildman–Crippen LogP) is 4.44. The molecule has 0 bridgehead atoms. The Labute approximate surface area is 193 Å². The van der Waals surface area contributed by atoms with Crippen molar-refractivity contribution in [1.82, 2.24) is 9.38 Å². The molecule has 3 heterocycles. The van der Waals surface area contributed by atoms with Gasteiger partial charge in [-0.3, -0.25) is 14.0 Å². The summed E-state index contributed by atoms with van der Waals surface area (Å²) in [6.07, 6.45) is 0. The summed E-state index contributed by atoms with van der Waals surface area (Å²) in [4.78, 5) is 42.9. The van der Waals surface area contributed by atoms with Crippen molar-refractivity contribution in [3.63, 3.8) is 0 Å². The van der Waals surface area contributed by atoms with Crippen LogP contribution in [0.3, 0.4) is 0 Å². The molecule has 0 N–H and O–H groups in total. The molecule has 0 aliphatic rings. The molecule has 3 aromatic heterocycles. The lowest BCUT2D eigenvalue weighted by Crippen LogP contribution is -2.18. The number of hydrogen-bond acceptors (Lipinski definition) is 6. The molecular formula is C27H20N2O5. The molecule has 7 nitrogen and oxygen atoms in total. The fourth-order valence-electron chi connectivity index (χ4n) is 3.99. The van der Waals surface area contributed by atoms with Crippen LogP contribution in [0.25, 0.3) is 27.9 Å². The average Bonchev–Trinajstić information content (AvgIpc) is 2.84. The van der Waals surface area contributed by atoms with Crippen molar-refractivity contribution in [1.29, 1.82) is 0 Å². The molecule has 0 spiro atoms. The van der Waals surface area contributed by atoms with Crippen molar-refractivity contribution < 1.29 is 13.9 Å². The van der Waals surface area contributed by atoms with Crippen LogP contribution in [0.15, 0.2) is 86.8 Å². The van der Waals surface area contributed by atoms with Gasteiger partial charge >= 0.3 is 5.97 Å². The predicted molar refractivity (Wildman–Crippen MR) is 128 cm³/mol. The van der Waals surface area contributed by atoms with Gasteiger partial charge in [-0.25, -0.2) is 9.78 Å². The first kappa shape index (κ1) is 21.3. The smallest absolute Gasteiger partial charge is 0.342 e. The lowest BCUT2D eigenvalue weighted by atomic mass is 10.0. The van der Waals surface area contributed by atoms with E-state index in [1.165, 1.54) is 10.5 Å². The summed E-state index contributed by atoms with van der Waals surface area (Å²) in [5.41, 5.74) is 2.56. The van der Waals surface area contributed by atoms with E-state index in [9.17, 15) is 14.4 Å². The van der Waals surface area contributed by atoms with Crippen molar-refractivity contribution in [3.8, 4) is 11.3 Å². The molecular weight excluding hydrogens is 432 g/mol. The van der Waals surface area contributed by atoms with Crippen LogP contribution in [0.1, 0.15) is 27.3 Å². The summed E-state index contributed by atoms with van der Waals surface area (Å²) < 4.78 is 13.0. The molecule has 0 atom stereocenters. The van der Waals surface area contributed by atoms with Gasteiger partial charge in [-0.1, -0.05) is 42.5 Å². The highest BCUT2D eigenvalue weighted by molar-refractivity contribution is 6.02. The summed E-state index contributed by atoms with van der Waals surface area (Å²) in [5.74, 6) is -0.277. The van der Waals surface area contributed by atoms with Gasteiger partial charge in [0.25, 0.3) is 5.56 Å². The van der Waals surface area contributed by atoms with Crippen LogP contribution in [0.2, 0.25) is 0 Å². The van der Waals surface area contributed by atoms with Gasteiger partial charge in [0.2, 0.25) is 0 Å². The molecule has 5 rings (SSSR count). The van der Waals surface area contributed by atoms with E-state index in [1.54, 1.807) is 37.3 Å². The number of pyridine rings is 1. The Hall–Kier alpha value is -4.52. The number of esters is 1. The minimum absolute atomic E-state index is 0.125. The largest absolute Gasteiger partial charge is 0.455 e. The average molecular weight is 452 g/mol. The van der Waals surface area contributed by atoms with Crippen molar-refractivity contribution in [2.75, 3.05) is 0 Å². The van der Waals surface area contributed by atoms with E-state index in [-0.39, 0.29) is 28.7 Å². The van der Waals surface area contributed by atoms with E-state index in [4.69, 9.17) is 9.15 Å². The number of fused-ring (bicyclic) bond motifs is 2. The van der Waals surface area contributed by atoms with Crippen LogP contribution in [0.4, 0.5) is 0 Å². The van der Waals surface area contributed by atoms with Gasteiger partial charge in [-0.05, 0) is 38.1 Å². The standard InChI is InChI=1S/C27H20N2O5/c1-16-8-6-13-22-28-19(14-23(30)29(16)22)15-33-27(32)21-12-7-11-20-24(31)17(2)25(34-26(20)21)18-9-4-3-5-10-18/h3-14H,15H2,1-2H3. The van der Waals surface area contributed by atoms with Gasteiger partial charge < -0.3 is 9.15 Å². The number of nitrogens with zero attached hydrogens (tertiary/aromatic N) is 2.